The van der Waals surface area contributed by atoms with E-state index < -0.39 is 15.9 Å². The summed E-state index contributed by atoms with van der Waals surface area (Å²) in [7, 11) is -4.05. The van der Waals surface area contributed by atoms with Crippen LogP contribution in [0.15, 0.2) is 47.4 Å². The van der Waals surface area contributed by atoms with Crippen LogP contribution in [0.25, 0.3) is 11.3 Å². The minimum absolute atomic E-state index is 0.0429. The smallest absolute Gasteiger partial charge is 0.276 e. The number of nitrogens with zero attached hydrogens (tertiary/aromatic N) is 2. The number of aromatic nitrogens is 2. The lowest BCUT2D eigenvalue weighted by Crippen LogP contribution is -2.26. The largest absolute Gasteiger partial charge is 0.364 e. The van der Waals surface area contributed by atoms with Gasteiger partial charge in [-0.05, 0) is 36.6 Å². The zero-order valence-corrected chi connectivity index (χ0v) is 16.6. The summed E-state index contributed by atoms with van der Waals surface area (Å²) in [6.45, 7) is 0. The first-order valence-corrected chi connectivity index (χ1v) is 10.5. The van der Waals surface area contributed by atoms with Crippen LogP contribution in [0.2, 0.25) is 10.0 Å². The van der Waals surface area contributed by atoms with Gasteiger partial charge in [0, 0.05) is 11.1 Å². The van der Waals surface area contributed by atoms with Crippen molar-refractivity contribution in [1.82, 2.24) is 9.89 Å². The van der Waals surface area contributed by atoms with Gasteiger partial charge in [-0.3, -0.25) is 4.79 Å². The van der Waals surface area contributed by atoms with Gasteiger partial charge >= 0.3 is 0 Å². The second kappa shape index (κ2) is 6.80. The van der Waals surface area contributed by atoms with Gasteiger partial charge in [0.05, 0.1) is 20.6 Å². The molecule has 0 fully saturated rings. The molecule has 1 amide bonds. The summed E-state index contributed by atoms with van der Waals surface area (Å²) >= 11 is 11.8. The Morgan fingerprint density at radius 3 is 2.57 bits per heavy atom. The van der Waals surface area contributed by atoms with Crippen molar-refractivity contribution in [3.05, 3.63) is 69.3 Å². The Balaban J connectivity index is 1.85. The van der Waals surface area contributed by atoms with E-state index in [2.05, 4.69) is 9.93 Å². The van der Waals surface area contributed by atoms with Crippen molar-refractivity contribution in [3.8, 4) is 11.3 Å². The molecule has 0 saturated carbocycles. The number of nitrogens with two attached hydrogens (primary N) is 1. The van der Waals surface area contributed by atoms with Crippen LogP contribution in [0.4, 0.5) is 0 Å². The predicted molar refractivity (Wildman–Crippen MR) is 107 cm³/mol. The lowest BCUT2D eigenvalue weighted by Gasteiger charge is -2.19. The molecule has 3 N–H and O–H groups in total. The second-order valence-electron chi connectivity index (χ2n) is 6.28. The monoisotopic (exact) mass is 436 g/mol. The van der Waals surface area contributed by atoms with Gasteiger partial charge in [-0.2, -0.15) is 18.0 Å². The van der Waals surface area contributed by atoms with E-state index in [0.29, 0.717) is 24.1 Å². The van der Waals surface area contributed by atoms with Crippen molar-refractivity contribution >= 4 is 39.1 Å². The highest BCUT2D eigenvalue weighted by Crippen LogP contribution is 2.35. The summed E-state index contributed by atoms with van der Waals surface area (Å²) in [4.78, 5) is 15.2. The van der Waals surface area contributed by atoms with Gasteiger partial charge in [0.25, 0.3) is 15.9 Å². The quantitative estimate of drug-likeness (QED) is 0.654. The number of carbonyl (C=O) groups excluding carboxylic acids is 1. The molecule has 4 rings (SSSR count). The molecule has 10 heteroatoms. The molecular weight excluding hydrogens is 423 g/mol. The number of hydrogen-bond donors (Lipinski definition) is 2. The molecule has 0 atom stereocenters. The Morgan fingerprint density at radius 2 is 1.86 bits per heavy atom. The van der Waals surface area contributed by atoms with Gasteiger partial charge in [-0.1, -0.05) is 47.5 Å². The number of hydrogen-bond acceptors (Lipinski definition) is 4. The Hall–Kier alpha value is -2.55. The maximum absolute atomic E-state index is 12.9. The molecule has 0 radical (unpaired) electrons. The fraction of sp³-hybridized carbons (Fsp3) is 0.111. The Morgan fingerprint density at radius 1 is 1.11 bits per heavy atom. The van der Waals surface area contributed by atoms with Crippen molar-refractivity contribution < 1.29 is 13.2 Å². The fourth-order valence-electron chi connectivity index (χ4n) is 3.27. The van der Waals surface area contributed by atoms with Crippen LogP contribution in [-0.4, -0.2) is 24.2 Å². The first-order valence-electron chi connectivity index (χ1n) is 8.26. The number of carbonyl (C=O) groups is 1. The van der Waals surface area contributed by atoms with Gasteiger partial charge < -0.3 is 5.73 Å². The van der Waals surface area contributed by atoms with Crippen molar-refractivity contribution in [2.24, 2.45) is 5.73 Å². The Bertz CT molecular complexity index is 1220. The topological polar surface area (TPSA) is 107 Å². The maximum atomic E-state index is 12.9. The normalized spacial score (nSPS) is 12.9. The van der Waals surface area contributed by atoms with E-state index in [0.717, 1.165) is 15.9 Å². The highest BCUT2D eigenvalue weighted by atomic mass is 35.5. The number of primary amides is 1. The Kier molecular flexibility index (Phi) is 4.57. The van der Waals surface area contributed by atoms with E-state index in [9.17, 15) is 13.2 Å². The predicted octanol–water partition coefficient (Wildman–Crippen LogP) is 2.99. The number of amides is 1. The number of fused-ring (bicyclic) bond motifs is 3. The molecule has 28 heavy (non-hydrogen) atoms. The van der Waals surface area contributed by atoms with E-state index in [-0.39, 0.29) is 20.6 Å². The summed E-state index contributed by atoms with van der Waals surface area (Å²) in [5.41, 5.74) is 8.44. The van der Waals surface area contributed by atoms with E-state index in [1.165, 1.54) is 18.2 Å². The molecule has 0 saturated heterocycles. The summed E-state index contributed by atoms with van der Waals surface area (Å²) in [6.07, 6.45) is 1.23. The number of aryl methyl sites for hydroxylation is 1. The van der Waals surface area contributed by atoms with E-state index in [1.807, 2.05) is 24.3 Å². The molecule has 2 aromatic carbocycles. The number of benzene rings is 2. The minimum atomic E-state index is -4.05. The minimum Gasteiger partial charge on any atom is -0.364 e. The molecule has 3 aromatic rings. The molecule has 1 aliphatic carbocycles. The lowest BCUT2D eigenvalue weighted by molar-refractivity contribution is 0.0994. The summed E-state index contributed by atoms with van der Waals surface area (Å²) in [5, 5.41) is 4.48. The zero-order valence-electron chi connectivity index (χ0n) is 14.3. The van der Waals surface area contributed by atoms with Gasteiger partial charge in [0.1, 0.15) is 0 Å². The molecule has 7 nitrogen and oxygen atoms in total. The molecule has 1 aliphatic rings. The van der Waals surface area contributed by atoms with Crippen molar-refractivity contribution in [2.45, 2.75) is 17.7 Å². The molecule has 144 valence electrons. The average Bonchev–Trinajstić information content (AvgIpc) is 3.02. The van der Waals surface area contributed by atoms with Crippen molar-refractivity contribution in [1.29, 1.82) is 0 Å². The average molecular weight is 437 g/mol. The first kappa shape index (κ1) is 18.8. The zero-order chi connectivity index (χ0) is 20.1. The molecule has 1 aromatic heterocycles. The van der Waals surface area contributed by atoms with Crippen molar-refractivity contribution in [3.63, 3.8) is 0 Å². The molecule has 0 aliphatic heterocycles. The first-order chi connectivity index (χ1) is 13.3. The van der Waals surface area contributed by atoms with Gasteiger partial charge in [0.15, 0.2) is 5.69 Å². The second-order valence-corrected chi connectivity index (χ2v) is 8.75. The SMILES string of the molecule is NC(=O)c1nn(NS(=O)(=O)c2ccc(Cl)c(Cl)c2)c2c1CCc1ccccc1-2. The van der Waals surface area contributed by atoms with Crippen molar-refractivity contribution in [2.75, 3.05) is 4.83 Å². The fourth-order valence-corrected chi connectivity index (χ4v) is 4.62. The van der Waals surface area contributed by atoms with Gasteiger partial charge in [0.2, 0.25) is 0 Å². The van der Waals surface area contributed by atoms with Crippen LogP contribution in [0.1, 0.15) is 21.6 Å². The third-order valence-electron chi connectivity index (χ3n) is 4.54. The van der Waals surface area contributed by atoms with Crippen LogP contribution < -0.4 is 10.6 Å². The number of rotatable bonds is 4. The summed E-state index contributed by atoms with van der Waals surface area (Å²) < 4.78 is 25.7. The van der Waals surface area contributed by atoms with Crippen LogP contribution in [0.3, 0.4) is 0 Å². The summed E-state index contributed by atoms with van der Waals surface area (Å²) in [5.74, 6) is -0.719. The third kappa shape index (κ3) is 3.13. The Labute approximate surface area is 171 Å². The van der Waals surface area contributed by atoms with Crippen LogP contribution in [-0.2, 0) is 22.9 Å². The standard InChI is InChI=1S/C18H14Cl2N4O3S/c19-14-8-6-11(9-15(14)20)28(26,27)23-24-17-12-4-2-1-3-10(12)5-7-13(17)16(22-24)18(21)25/h1-4,6,8-9,23H,5,7H2,(H2,21,25). The molecule has 0 bridgehead atoms. The third-order valence-corrected chi connectivity index (χ3v) is 6.57. The lowest BCUT2D eigenvalue weighted by atomic mass is 9.89. The molecule has 0 unspecified atom stereocenters. The van der Waals surface area contributed by atoms with Crippen LogP contribution >= 0.6 is 23.2 Å². The number of nitrogens with one attached hydrogen (secondary N) is 1. The summed E-state index contributed by atoms with van der Waals surface area (Å²) in [6, 6.07) is 11.5. The van der Waals surface area contributed by atoms with E-state index in [1.54, 1.807) is 0 Å². The van der Waals surface area contributed by atoms with Crippen LogP contribution in [0, 0.1) is 0 Å². The highest BCUT2D eigenvalue weighted by Gasteiger charge is 2.29. The van der Waals surface area contributed by atoms with Gasteiger partial charge in [-0.25, -0.2) is 0 Å². The highest BCUT2D eigenvalue weighted by molar-refractivity contribution is 7.92. The van der Waals surface area contributed by atoms with E-state index in [4.69, 9.17) is 28.9 Å². The number of halogens is 2. The maximum Gasteiger partial charge on any atom is 0.276 e. The van der Waals surface area contributed by atoms with Gasteiger partial charge in [-0.15, -0.1) is 5.10 Å². The molecular formula is C18H14Cl2N4O3S. The molecule has 1 heterocycles. The number of sulfonamides is 1. The van der Waals surface area contributed by atoms with Crippen LogP contribution in [0.5, 0.6) is 0 Å². The van der Waals surface area contributed by atoms with E-state index >= 15 is 0 Å². The molecule has 0 spiro atoms.